The van der Waals surface area contributed by atoms with Gasteiger partial charge in [-0.2, -0.15) is 11.8 Å². The lowest BCUT2D eigenvalue weighted by Crippen LogP contribution is -2.31. The van der Waals surface area contributed by atoms with Gasteiger partial charge < -0.3 is 10.8 Å². The van der Waals surface area contributed by atoms with Crippen LogP contribution in [0.2, 0.25) is 0 Å². The molecule has 0 aliphatic rings. The summed E-state index contributed by atoms with van der Waals surface area (Å²) in [6, 6.07) is -0.326. The lowest BCUT2D eigenvalue weighted by Gasteiger charge is -2.05. The smallest absolute Gasteiger partial charge is 0.0690 e. The Morgan fingerprint density at radius 1 is 1.80 bits per heavy atom. The molecule has 3 N–H and O–H groups in total. The Morgan fingerprint density at radius 3 is 2.80 bits per heavy atom. The second-order valence-corrected chi connectivity index (χ2v) is 4.69. The maximum Gasteiger partial charge on any atom is 0.0690 e. The highest BCUT2D eigenvalue weighted by Crippen LogP contribution is 1.97. The predicted octanol–water partition coefficient (Wildman–Crippen LogP) is -0.625. The summed E-state index contributed by atoms with van der Waals surface area (Å²) in [7, 11) is -0.872. The first-order chi connectivity index (χ1) is 4.70. The van der Waals surface area contributed by atoms with Gasteiger partial charge in [-0.25, -0.2) is 0 Å². The number of rotatable bonds is 5. The van der Waals surface area contributed by atoms with E-state index in [0.29, 0.717) is 10.8 Å². The van der Waals surface area contributed by atoms with Gasteiger partial charge in [-0.1, -0.05) is 0 Å². The van der Waals surface area contributed by atoms with Gasteiger partial charge in [0.05, 0.1) is 11.7 Å². The highest BCUT2D eigenvalue weighted by atomic mass is 32.2. The van der Waals surface area contributed by atoms with Crippen LogP contribution in [0, 0.1) is 0 Å². The summed E-state index contributed by atoms with van der Waals surface area (Å²) >= 11 is 1.52. The fourth-order valence-corrected chi connectivity index (χ4v) is 2.49. The van der Waals surface area contributed by atoms with Crippen molar-refractivity contribution < 1.29 is 9.32 Å². The van der Waals surface area contributed by atoms with E-state index < -0.39 is 10.8 Å². The molecule has 0 aliphatic heterocycles. The summed E-state index contributed by atoms with van der Waals surface area (Å²) in [5.41, 5.74) is 5.35. The number of hydrogen-bond acceptors (Lipinski definition) is 4. The topological polar surface area (TPSA) is 63.3 Å². The van der Waals surface area contributed by atoms with Gasteiger partial charge in [-0.15, -0.1) is 0 Å². The SMILES string of the molecule is CSCS(=O)C[C@@H](N)CO. The molecular weight excluding hydrogens is 170 g/mol. The first-order valence-corrected chi connectivity index (χ1v) is 5.79. The zero-order valence-corrected chi connectivity index (χ0v) is 7.58. The van der Waals surface area contributed by atoms with Crippen LogP contribution in [0.1, 0.15) is 0 Å². The van der Waals surface area contributed by atoms with Crippen LogP contribution in [0.25, 0.3) is 0 Å². The number of nitrogens with two attached hydrogens (primary N) is 1. The fraction of sp³-hybridized carbons (Fsp3) is 1.00. The van der Waals surface area contributed by atoms with Crippen LogP contribution in [0.15, 0.2) is 0 Å². The molecule has 0 saturated heterocycles. The van der Waals surface area contributed by atoms with Crippen molar-refractivity contribution in [2.75, 3.05) is 23.7 Å². The predicted molar refractivity (Wildman–Crippen MR) is 46.5 cm³/mol. The van der Waals surface area contributed by atoms with E-state index in [9.17, 15) is 4.21 Å². The normalized spacial score (nSPS) is 16.7. The average Bonchev–Trinajstić information content (AvgIpc) is 1.88. The van der Waals surface area contributed by atoms with Crippen LogP contribution in [0.5, 0.6) is 0 Å². The first kappa shape index (κ1) is 10.4. The molecule has 0 amide bonds. The molecule has 5 heteroatoms. The Balaban J connectivity index is 3.37. The zero-order valence-electron chi connectivity index (χ0n) is 5.95. The van der Waals surface area contributed by atoms with Crippen molar-refractivity contribution in [3.8, 4) is 0 Å². The number of hydrogen-bond donors (Lipinski definition) is 2. The van der Waals surface area contributed by atoms with Gasteiger partial charge in [0.15, 0.2) is 0 Å². The Kier molecular flexibility index (Phi) is 6.41. The summed E-state index contributed by atoms with van der Waals surface area (Å²) in [5, 5.41) is 9.09. The molecule has 0 aromatic rings. The maximum atomic E-state index is 10.9. The van der Waals surface area contributed by atoms with Gasteiger partial charge in [-0.3, -0.25) is 4.21 Å². The molecule has 0 heterocycles. The minimum Gasteiger partial charge on any atom is -0.395 e. The molecule has 0 saturated carbocycles. The van der Waals surface area contributed by atoms with Gasteiger partial charge in [0.2, 0.25) is 0 Å². The Morgan fingerprint density at radius 2 is 2.40 bits per heavy atom. The second-order valence-electron chi connectivity index (χ2n) is 1.96. The van der Waals surface area contributed by atoms with E-state index in [1.165, 1.54) is 11.8 Å². The van der Waals surface area contributed by atoms with E-state index in [1.807, 2.05) is 6.26 Å². The first-order valence-electron chi connectivity index (χ1n) is 2.91. The lowest BCUT2D eigenvalue weighted by molar-refractivity contribution is 0.275. The molecule has 0 fully saturated rings. The zero-order chi connectivity index (χ0) is 7.98. The van der Waals surface area contributed by atoms with E-state index >= 15 is 0 Å². The minimum absolute atomic E-state index is 0.0832. The molecule has 1 unspecified atom stereocenters. The minimum atomic E-state index is -0.872. The third-order valence-electron chi connectivity index (χ3n) is 0.884. The van der Waals surface area contributed by atoms with Gasteiger partial charge in [0.1, 0.15) is 0 Å². The number of aliphatic hydroxyl groups excluding tert-OH is 1. The molecule has 0 aliphatic carbocycles. The molecule has 3 nitrogen and oxygen atoms in total. The molecule has 10 heavy (non-hydrogen) atoms. The average molecular weight is 183 g/mol. The van der Waals surface area contributed by atoms with Crippen LogP contribution in [-0.4, -0.2) is 39.1 Å². The lowest BCUT2D eigenvalue weighted by atomic mass is 10.4. The Hall–Kier alpha value is 0.420. The standard InChI is InChI=1S/C5H13NO2S2/c1-9-4-10(8)3-5(6)2-7/h5,7H,2-4,6H2,1H3/t5-,10?/m0/s1. The monoisotopic (exact) mass is 183 g/mol. The van der Waals surface area contributed by atoms with Crippen molar-refractivity contribution in [2.24, 2.45) is 5.73 Å². The fourth-order valence-electron chi connectivity index (χ4n) is 0.471. The molecule has 62 valence electrons. The van der Waals surface area contributed by atoms with Crippen molar-refractivity contribution in [1.82, 2.24) is 0 Å². The molecule has 0 radical (unpaired) electrons. The second kappa shape index (κ2) is 6.15. The summed E-state index contributed by atoms with van der Waals surface area (Å²) in [5.74, 6) is 0.400. The van der Waals surface area contributed by atoms with Crippen molar-refractivity contribution >= 4 is 22.6 Å². The number of aliphatic hydroxyl groups is 1. The van der Waals surface area contributed by atoms with E-state index in [2.05, 4.69) is 0 Å². The van der Waals surface area contributed by atoms with Crippen LogP contribution in [0.4, 0.5) is 0 Å². The third-order valence-corrected chi connectivity index (χ3v) is 3.68. The quantitative estimate of drug-likeness (QED) is 0.596. The van der Waals surface area contributed by atoms with E-state index in [0.717, 1.165) is 0 Å². The van der Waals surface area contributed by atoms with Crippen LogP contribution in [0.3, 0.4) is 0 Å². The van der Waals surface area contributed by atoms with Gasteiger partial charge in [-0.05, 0) is 6.26 Å². The van der Waals surface area contributed by atoms with Crippen molar-refractivity contribution in [3.05, 3.63) is 0 Å². The molecule has 0 aromatic heterocycles. The van der Waals surface area contributed by atoms with Crippen molar-refractivity contribution in [2.45, 2.75) is 6.04 Å². The largest absolute Gasteiger partial charge is 0.395 e. The van der Waals surface area contributed by atoms with Crippen LogP contribution < -0.4 is 5.73 Å². The third kappa shape index (κ3) is 5.22. The summed E-state index contributed by atoms with van der Waals surface area (Å²) < 4.78 is 10.9. The van der Waals surface area contributed by atoms with E-state index in [-0.39, 0.29) is 12.6 Å². The van der Waals surface area contributed by atoms with Gasteiger partial charge >= 0.3 is 0 Å². The van der Waals surface area contributed by atoms with Crippen molar-refractivity contribution in [1.29, 1.82) is 0 Å². The summed E-state index contributed by atoms with van der Waals surface area (Å²) in [6.07, 6.45) is 1.89. The van der Waals surface area contributed by atoms with Gasteiger partial charge in [0, 0.05) is 22.6 Å². The highest BCUT2D eigenvalue weighted by Gasteiger charge is 2.05. The van der Waals surface area contributed by atoms with Gasteiger partial charge in [0.25, 0.3) is 0 Å². The molecule has 0 rings (SSSR count). The number of thioether (sulfide) groups is 1. The van der Waals surface area contributed by atoms with Crippen LogP contribution in [-0.2, 0) is 10.8 Å². The molecular formula is C5H13NO2S2. The van der Waals surface area contributed by atoms with Crippen molar-refractivity contribution in [3.63, 3.8) is 0 Å². The van der Waals surface area contributed by atoms with E-state index in [4.69, 9.17) is 10.8 Å². The molecule has 0 spiro atoms. The Labute approximate surface area is 67.8 Å². The Bertz CT molecular complexity index is 110. The maximum absolute atomic E-state index is 10.9. The van der Waals surface area contributed by atoms with Crippen LogP contribution >= 0.6 is 11.8 Å². The highest BCUT2D eigenvalue weighted by molar-refractivity contribution is 8.09. The molecule has 2 atom stereocenters. The van der Waals surface area contributed by atoms with E-state index in [1.54, 1.807) is 0 Å². The summed E-state index contributed by atoms with van der Waals surface area (Å²) in [6.45, 7) is -0.0832. The molecule has 0 aromatic carbocycles. The molecule has 0 bridgehead atoms. The summed E-state index contributed by atoms with van der Waals surface area (Å²) in [4.78, 5) is 0.